The van der Waals surface area contributed by atoms with E-state index in [2.05, 4.69) is 20.4 Å². The highest BCUT2D eigenvalue weighted by Crippen LogP contribution is 2.29. The van der Waals surface area contributed by atoms with E-state index in [1.54, 1.807) is 0 Å². The van der Waals surface area contributed by atoms with Crippen LogP contribution >= 0.6 is 11.6 Å². The molecule has 3 rings (SSSR count). The van der Waals surface area contributed by atoms with Crippen molar-refractivity contribution >= 4 is 17.3 Å². The summed E-state index contributed by atoms with van der Waals surface area (Å²) in [7, 11) is 0. The Bertz CT molecular complexity index is 527. The summed E-state index contributed by atoms with van der Waals surface area (Å²) in [6.45, 7) is 4.18. The van der Waals surface area contributed by atoms with Gasteiger partial charge in [0.25, 0.3) is 0 Å². The zero-order valence-corrected chi connectivity index (χ0v) is 11.5. The zero-order chi connectivity index (χ0) is 13.1. The predicted octanol–water partition coefficient (Wildman–Crippen LogP) is 2.53. The molecule has 2 aromatic rings. The van der Waals surface area contributed by atoms with Crippen LogP contribution in [-0.2, 0) is 0 Å². The number of H-pyrrole nitrogens is 1. The molecule has 1 aromatic carbocycles. The van der Waals surface area contributed by atoms with E-state index in [0.29, 0.717) is 0 Å². The number of anilines is 1. The van der Waals surface area contributed by atoms with Crippen LogP contribution in [0.3, 0.4) is 0 Å². The number of nitrogens with one attached hydrogen (secondary N) is 2. The van der Waals surface area contributed by atoms with Gasteiger partial charge in [0.1, 0.15) is 0 Å². The molecule has 2 N–H and O–H groups in total. The second-order valence-corrected chi connectivity index (χ2v) is 5.16. The number of halogens is 1. The van der Waals surface area contributed by atoms with Crippen LogP contribution in [0.2, 0.25) is 5.02 Å². The minimum atomic E-state index is 0.754. The lowest BCUT2D eigenvalue weighted by Crippen LogP contribution is -2.27. The summed E-state index contributed by atoms with van der Waals surface area (Å²) in [5.74, 6) is 0. The monoisotopic (exact) mass is 276 g/mol. The van der Waals surface area contributed by atoms with Gasteiger partial charge in [0, 0.05) is 30.2 Å². The van der Waals surface area contributed by atoms with E-state index in [1.165, 1.54) is 5.69 Å². The van der Waals surface area contributed by atoms with E-state index in [9.17, 15) is 0 Å². The second kappa shape index (κ2) is 5.63. The molecular formula is C14H17ClN4. The minimum absolute atomic E-state index is 0.754. The van der Waals surface area contributed by atoms with E-state index in [1.807, 2.05) is 30.5 Å². The first-order chi connectivity index (χ1) is 9.34. The average molecular weight is 277 g/mol. The van der Waals surface area contributed by atoms with Gasteiger partial charge in [-0.25, -0.2) is 0 Å². The molecule has 19 heavy (non-hydrogen) atoms. The topological polar surface area (TPSA) is 44.0 Å². The van der Waals surface area contributed by atoms with Crippen molar-refractivity contribution in [3.8, 4) is 11.3 Å². The summed E-state index contributed by atoms with van der Waals surface area (Å²) in [5, 5.41) is 11.5. The highest BCUT2D eigenvalue weighted by Gasteiger charge is 2.16. The molecule has 0 radical (unpaired) electrons. The molecule has 4 nitrogen and oxygen atoms in total. The van der Waals surface area contributed by atoms with Gasteiger partial charge in [0.2, 0.25) is 0 Å². The molecule has 0 aliphatic carbocycles. The highest BCUT2D eigenvalue weighted by atomic mass is 35.5. The maximum atomic E-state index is 5.94. The van der Waals surface area contributed by atoms with Gasteiger partial charge >= 0.3 is 0 Å². The van der Waals surface area contributed by atoms with Crippen molar-refractivity contribution in [3.05, 3.63) is 35.5 Å². The van der Waals surface area contributed by atoms with Crippen LogP contribution in [0.15, 0.2) is 30.5 Å². The van der Waals surface area contributed by atoms with E-state index < -0.39 is 0 Å². The van der Waals surface area contributed by atoms with Crippen LogP contribution in [0.1, 0.15) is 6.42 Å². The summed E-state index contributed by atoms with van der Waals surface area (Å²) in [4.78, 5) is 2.38. The van der Waals surface area contributed by atoms with E-state index >= 15 is 0 Å². The molecule has 1 fully saturated rings. The largest absolute Gasteiger partial charge is 0.367 e. The SMILES string of the molecule is Clc1ccc(-c2[nH]ncc2N2CCCNCC2)cc1. The first-order valence-electron chi connectivity index (χ1n) is 6.59. The van der Waals surface area contributed by atoms with Gasteiger partial charge < -0.3 is 10.2 Å². The van der Waals surface area contributed by atoms with Gasteiger partial charge in [-0.1, -0.05) is 23.7 Å². The third-order valence-electron chi connectivity index (χ3n) is 3.43. The molecule has 1 aliphatic rings. The van der Waals surface area contributed by atoms with Crippen LogP contribution in [-0.4, -0.2) is 36.4 Å². The standard InChI is InChI=1S/C14H17ClN4/c15-12-4-2-11(3-5-12)14-13(10-17-18-14)19-8-1-6-16-7-9-19/h2-5,10,16H,1,6-9H2,(H,17,18). The number of nitrogens with zero attached hydrogens (tertiary/aromatic N) is 2. The lowest BCUT2D eigenvalue weighted by molar-refractivity contribution is 0.724. The van der Waals surface area contributed by atoms with Crippen LogP contribution < -0.4 is 10.2 Å². The summed E-state index contributed by atoms with van der Waals surface area (Å²) < 4.78 is 0. The molecule has 1 aliphatic heterocycles. The molecular weight excluding hydrogens is 260 g/mol. The summed E-state index contributed by atoms with van der Waals surface area (Å²) >= 11 is 5.94. The summed E-state index contributed by atoms with van der Waals surface area (Å²) in [5.41, 5.74) is 3.36. The third kappa shape index (κ3) is 2.74. The fourth-order valence-corrected chi connectivity index (χ4v) is 2.56. The Kier molecular flexibility index (Phi) is 3.71. The van der Waals surface area contributed by atoms with Crippen molar-refractivity contribution in [2.24, 2.45) is 0 Å². The Labute approximate surface area is 117 Å². The van der Waals surface area contributed by atoms with Crippen molar-refractivity contribution < 1.29 is 0 Å². The Morgan fingerprint density at radius 3 is 2.79 bits per heavy atom. The third-order valence-corrected chi connectivity index (χ3v) is 3.68. The van der Waals surface area contributed by atoms with Crippen molar-refractivity contribution in [2.75, 3.05) is 31.1 Å². The highest BCUT2D eigenvalue weighted by molar-refractivity contribution is 6.30. The van der Waals surface area contributed by atoms with Crippen molar-refractivity contribution in [1.29, 1.82) is 0 Å². The fraction of sp³-hybridized carbons (Fsp3) is 0.357. The van der Waals surface area contributed by atoms with Gasteiger partial charge in [-0.15, -0.1) is 0 Å². The molecule has 1 saturated heterocycles. The van der Waals surface area contributed by atoms with Crippen LogP contribution in [0.25, 0.3) is 11.3 Å². The molecule has 5 heteroatoms. The van der Waals surface area contributed by atoms with Crippen molar-refractivity contribution in [3.63, 3.8) is 0 Å². The predicted molar refractivity (Wildman–Crippen MR) is 78.7 cm³/mol. The Morgan fingerprint density at radius 2 is 1.95 bits per heavy atom. The Morgan fingerprint density at radius 1 is 1.11 bits per heavy atom. The number of aromatic nitrogens is 2. The smallest absolute Gasteiger partial charge is 0.0884 e. The molecule has 0 bridgehead atoms. The molecule has 100 valence electrons. The normalized spacial score (nSPS) is 16.4. The minimum Gasteiger partial charge on any atom is -0.367 e. The van der Waals surface area contributed by atoms with Crippen molar-refractivity contribution in [2.45, 2.75) is 6.42 Å². The number of hydrogen-bond acceptors (Lipinski definition) is 3. The first-order valence-corrected chi connectivity index (χ1v) is 6.97. The van der Waals surface area contributed by atoms with E-state index in [0.717, 1.165) is 48.9 Å². The van der Waals surface area contributed by atoms with E-state index in [-0.39, 0.29) is 0 Å². The Hall–Kier alpha value is -1.52. The molecule has 2 heterocycles. The molecule has 0 spiro atoms. The number of aromatic amines is 1. The Balaban J connectivity index is 1.90. The van der Waals surface area contributed by atoms with Gasteiger partial charge in [-0.05, 0) is 25.1 Å². The quantitative estimate of drug-likeness (QED) is 0.886. The summed E-state index contributed by atoms with van der Waals surface area (Å²) in [6.07, 6.45) is 3.07. The van der Waals surface area contributed by atoms with Gasteiger partial charge in [-0.2, -0.15) is 5.10 Å². The molecule has 0 unspecified atom stereocenters. The van der Waals surface area contributed by atoms with Crippen LogP contribution in [0.5, 0.6) is 0 Å². The fourth-order valence-electron chi connectivity index (χ4n) is 2.44. The first kappa shape index (κ1) is 12.5. The molecule has 0 amide bonds. The number of rotatable bonds is 2. The van der Waals surface area contributed by atoms with Crippen LogP contribution in [0.4, 0.5) is 5.69 Å². The second-order valence-electron chi connectivity index (χ2n) is 4.73. The summed E-state index contributed by atoms with van der Waals surface area (Å²) in [6, 6.07) is 7.86. The molecule has 0 atom stereocenters. The number of benzene rings is 1. The zero-order valence-electron chi connectivity index (χ0n) is 10.7. The number of hydrogen-bond donors (Lipinski definition) is 2. The van der Waals surface area contributed by atoms with Crippen LogP contribution in [0, 0.1) is 0 Å². The maximum Gasteiger partial charge on any atom is 0.0884 e. The molecule has 1 aromatic heterocycles. The average Bonchev–Trinajstić information content (AvgIpc) is 2.75. The van der Waals surface area contributed by atoms with E-state index in [4.69, 9.17) is 11.6 Å². The van der Waals surface area contributed by atoms with Gasteiger partial charge in [0.05, 0.1) is 17.6 Å². The van der Waals surface area contributed by atoms with Gasteiger partial charge in [-0.3, -0.25) is 5.10 Å². The maximum absolute atomic E-state index is 5.94. The van der Waals surface area contributed by atoms with Gasteiger partial charge in [0.15, 0.2) is 0 Å². The lowest BCUT2D eigenvalue weighted by Gasteiger charge is -2.21. The molecule has 0 saturated carbocycles. The van der Waals surface area contributed by atoms with Crippen molar-refractivity contribution in [1.82, 2.24) is 15.5 Å². The lowest BCUT2D eigenvalue weighted by atomic mass is 10.1.